The molecule has 0 unspecified atom stereocenters. The molecular formula is C18H17N. The molecule has 0 spiro atoms. The number of hydrogen-bond donors (Lipinski definition) is 1. The van der Waals surface area contributed by atoms with Gasteiger partial charge in [0.15, 0.2) is 0 Å². The van der Waals surface area contributed by atoms with E-state index in [9.17, 15) is 0 Å². The lowest BCUT2D eigenvalue weighted by Crippen LogP contribution is -2.01. The second-order valence-corrected chi connectivity index (χ2v) is 4.94. The van der Waals surface area contributed by atoms with Crippen LogP contribution in [0.25, 0.3) is 11.1 Å². The molecule has 0 heterocycles. The van der Waals surface area contributed by atoms with E-state index in [1.54, 1.807) is 0 Å². The van der Waals surface area contributed by atoms with Crippen LogP contribution in [-0.2, 0) is 6.42 Å². The summed E-state index contributed by atoms with van der Waals surface area (Å²) in [6, 6.07) is 15.3. The average Bonchev–Trinajstić information content (AvgIpc) is 2.81. The molecule has 1 nitrogen and oxygen atoms in total. The van der Waals surface area contributed by atoms with Crippen molar-refractivity contribution in [3.63, 3.8) is 0 Å². The summed E-state index contributed by atoms with van der Waals surface area (Å²) in [5.74, 6) is 2.67. The Bertz CT molecular complexity index is 634. The van der Waals surface area contributed by atoms with E-state index in [4.69, 9.17) is 6.42 Å². The van der Waals surface area contributed by atoms with E-state index >= 15 is 0 Å². The maximum atomic E-state index is 5.25. The van der Waals surface area contributed by atoms with Crippen molar-refractivity contribution in [1.82, 2.24) is 0 Å². The van der Waals surface area contributed by atoms with Crippen molar-refractivity contribution < 1.29 is 0 Å². The summed E-state index contributed by atoms with van der Waals surface area (Å²) in [5, 5.41) is 3.44. The monoisotopic (exact) mass is 247 g/mol. The third-order valence-electron chi connectivity index (χ3n) is 3.62. The quantitative estimate of drug-likeness (QED) is 0.541. The summed E-state index contributed by atoms with van der Waals surface area (Å²) in [4.78, 5) is 0. The zero-order chi connectivity index (χ0) is 13.1. The number of benzene rings is 2. The standard InChI is InChI=1S/C18H17N/c1-2-3-6-11-19-16-9-10-18-15(13-16)12-14-7-4-5-8-17(14)18/h1,4-5,7-10,13,19H,3,6,11-12H2. The lowest BCUT2D eigenvalue weighted by Gasteiger charge is -2.07. The normalized spacial score (nSPS) is 11.5. The van der Waals surface area contributed by atoms with E-state index in [-0.39, 0.29) is 0 Å². The van der Waals surface area contributed by atoms with E-state index in [0.717, 1.165) is 25.8 Å². The van der Waals surface area contributed by atoms with Gasteiger partial charge in [-0.1, -0.05) is 30.3 Å². The van der Waals surface area contributed by atoms with Gasteiger partial charge in [-0.3, -0.25) is 0 Å². The lowest BCUT2D eigenvalue weighted by atomic mass is 10.1. The molecule has 19 heavy (non-hydrogen) atoms. The van der Waals surface area contributed by atoms with Gasteiger partial charge in [-0.25, -0.2) is 0 Å². The highest BCUT2D eigenvalue weighted by molar-refractivity contribution is 5.78. The third kappa shape index (κ3) is 2.35. The van der Waals surface area contributed by atoms with Crippen molar-refractivity contribution in [1.29, 1.82) is 0 Å². The number of terminal acetylenes is 1. The minimum Gasteiger partial charge on any atom is -0.385 e. The highest BCUT2D eigenvalue weighted by Crippen LogP contribution is 2.37. The predicted molar refractivity (Wildman–Crippen MR) is 81.2 cm³/mol. The molecule has 0 bridgehead atoms. The summed E-state index contributed by atoms with van der Waals surface area (Å²) in [6.07, 6.45) is 8.16. The summed E-state index contributed by atoms with van der Waals surface area (Å²) in [5.41, 5.74) is 6.81. The van der Waals surface area contributed by atoms with Gasteiger partial charge in [-0.05, 0) is 47.2 Å². The SMILES string of the molecule is C#CCCCNc1ccc2c(c1)Cc1ccccc1-2. The smallest absolute Gasteiger partial charge is 0.0343 e. The van der Waals surface area contributed by atoms with Crippen molar-refractivity contribution in [2.24, 2.45) is 0 Å². The van der Waals surface area contributed by atoms with Crippen LogP contribution in [0.5, 0.6) is 0 Å². The minimum absolute atomic E-state index is 0.837. The Hall–Kier alpha value is -2.20. The number of anilines is 1. The Morgan fingerprint density at radius 2 is 1.89 bits per heavy atom. The van der Waals surface area contributed by atoms with Gasteiger partial charge in [0.2, 0.25) is 0 Å². The lowest BCUT2D eigenvalue weighted by molar-refractivity contribution is 0.907. The van der Waals surface area contributed by atoms with E-state index in [1.165, 1.54) is 27.9 Å². The van der Waals surface area contributed by atoms with Crippen LogP contribution in [-0.4, -0.2) is 6.54 Å². The minimum atomic E-state index is 0.837. The van der Waals surface area contributed by atoms with Crippen LogP contribution in [0.4, 0.5) is 5.69 Å². The molecule has 3 rings (SSSR count). The molecule has 0 aliphatic heterocycles. The summed E-state index contributed by atoms with van der Waals surface area (Å²) < 4.78 is 0. The Kier molecular flexibility index (Phi) is 3.25. The van der Waals surface area contributed by atoms with Crippen LogP contribution >= 0.6 is 0 Å². The molecule has 0 saturated carbocycles. The highest BCUT2D eigenvalue weighted by Gasteiger charge is 2.17. The molecule has 1 aliphatic carbocycles. The molecule has 94 valence electrons. The fourth-order valence-corrected chi connectivity index (χ4v) is 2.68. The molecule has 0 atom stereocenters. The third-order valence-corrected chi connectivity index (χ3v) is 3.62. The van der Waals surface area contributed by atoms with Crippen molar-refractivity contribution in [2.45, 2.75) is 19.3 Å². The first-order valence-corrected chi connectivity index (χ1v) is 6.77. The molecule has 0 aromatic heterocycles. The average molecular weight is 247 g/mol. The van der Waals surface area contributed by atoms with Crippen LogP contribution in [0.2, 0.25) is 0 Å². The molecule has 0 saturated heterocycles. The fraction of sp³-hybridized carbons (Fsp3) is 0.222. The highest BCUT2D eigenvalue weighted by atomic mass is 14.9. The molecule has 0 amide bonds. The molecule has 0 radical (unpaired) electrons. The zero-order valence-corrected chi connectivity index (χ0v) is 10.9. The van der Waals surface area contributed by atoms with Crippen molar-refractivity contribution >= 4 is 5.69 Å². The van der Waals surface area contributed by atoms with E-state index in [0.29, 0.717) is 0 Å². The summed E-state index contributed by atoms with van der Waals surface area (Å²) in [7, 11) is 0. The van der Waals surface area contributed by atoms with Crippen LogP contribution in [0, 0.1) is 12.3 Å². The maximum absolute atomic E-state index is 5.25. The van der Waals surface area contributed by atoms with E-state index in [1.807, 2.05) is 0 Å². The van der Waals surface area contributed by atoms with Gasteiger partial charge >= 0.3 is 0 Å². The van der Waals surface area contributed by atoms with Gasteiger partial charge in [-0.2, -0.15) is 0 Å². The van der Waals surface area contributed by atoms with Crippen LogP contribution in [0.15, 0.2) is 42.5 Å². The first kappa shape index (κ1) is 11.9. The predicted octanol–water partition coefficient (Wildman–Crippen LogP) is 4.08. The van der Waals surface area contributed by atoms with E-state index < -0.39 is 0 Å². The number of fused-ring (bicyclic) bond motifs is 3. The van der Waals surface area contributed by atoms with Crippen LogP contribution in [0.3, 0.4) is 0 Å². The van der Waals surface area contributed by atoms with Crippen molar-refractivity contribution in [3.05, 3.63) is 53.6 Å². The molecule has 2 aromatic carbocycles. The van der Waals surface area contributed by atoms with Gasteiger partial charge in [0, 0.05) is 18.7 Å². The maximum Gasteiger partial charge on any atom is 0.0343 e. The topological polar surface area (TPSA) is 12.0 Å². The van der Waals surface area contributed by atoms with Gasteiger partial charge in [0.1, 0.15) is 0 Å². The zero-order valence-electron chi connectivity index (χ0n) is 10.9. The van der Waals surface area contributed by atoms with E-state index in [2.05, 4.69) is 53.7 Å². The summed E-state index contributed by atoms with van der Waals surface area (Å²) in [6.45, 7) is 0.940. The first-order chi connectivity index (χ1) is 9.38. The molecule has 2 aromatic rings. The summed E-state index contributed by atoms with van der Waals surface area (Å²) >= 11 is 0. The van der Waals surface area contributed by atoms with Gasteiger partial charge in [0.25, 0.3) is 0 Å². The largest absolute Gasteiger partial charge is 0.385 e. The van der Waals surface area contributed by atoms with Crippen LogP contribution < -0.4 is 5.32 Å². The number of unbranched alkanes of at least 4 members (excludes halogenated alkanes) is 1. The Morgan fingerprint density at radius 3 is 2.79 bits per heavy atom. The van der Waals surface area contributed by atoms with Gasteiger partial charge < -0.3 is 5.32 Å². The van der Waals surface area contributed by atoms with Crippen LogP contribution in [0.1, 0.15) is 24.0 Å². The van der Waals surface area contributed by atoms with Crippen molar-refractivity contribution in [3.8, 4) is 23.5 Å². The Morgan fingerprint density at radius 1 is 1.05 bits per heavy atom. The van der Waals surface area contributed by atoms with Gasteiger partial charge in [-0.15, -0.1) is 12.3 Å². The molecule has 1 aliphatic rings. The second kappa shape index (κ2) is 5.20. The Balaban J connectivity index is 1.76. The fourth-order valence-electron chi connectivity index (χ4n) is 2.68. The number of hydrogen-bond acceptors (Lipinski definition) is 1. The van der Waals surface area contributed by atoms with Crippen molar-refractivity contribution in [2.75, 3.05) is 11.9 Å². The molecular weight excluding hydrogens is 230 g/mol. The number of rotatable bonds is 4. The van der Waals surface area contributed by atoms with Gasteiger partial charge in [0.05, 0.1) is 0 Å². The molecule has 1 N–H and O–H groups in total. The molecule has 0 fully saturated rings. The number of nitrogens with one attached hydrogen (secondary N) is 1. The second-order valence-electron chi connectivity index (χ2n) is 4.94. The molecule has 1 heteroatoms. The Labute approximate surface area is 114 Å². The first-order valence-electron chi connectivity index (χ1n) is 6.77.